The van der Waals surface area contributed by atoms with Gasteiger partial charge in [0, 0.05) is 5.41 Å². The van der Waals surface area contributed by atoms with Gasteiger partial charge in [-0.05, 0) is 58.8 Å². The summed E-state index contributed by atoms with van der Waals surface area (Å²) in [6, 6.07) is 0. The van der Waals surface area contributed by atoms with Crippen LogP contribution in [0.1, 0.15) is 86.5 Å². The van der Waals surface area contributed by atoms with Crippen molar-refractivity contribution in [3.63, 3.8) is 0 Å². The molecule has 0 N–H and O–H groups in total. The van der Waals surface area contributed by atoms with Crippen molar-refractivity contribution in [1.82, 2.24) is 0 Å². The van der Waals surface area contributed by atoms with Crippen LogP contribution in [0.5, 0.6) is 0 Å². The molecule has 0 spiro atoms. The van der Waals surface area contributed by atoms with Gasteiger partial charge in [-0.2, -0.15) is 0 Å². The Hall–Kier alpha value is -0.530. The van der Waals surface area contributed by atoms with Crippen LogP contribution in [0.15, 0.2) is 0 Å². The Bertz CT molecular complexity index is 307. The van der Waals surface area contributed by atoms with Crippen LogP contribution in [0.2, 0.25) is 0 Å². The van der Waals surface area contributed by atoms with E-state index in [9.17, 15) is 4.79 Å². The maximum absolute atomic E-state index is 12.5. The van der Waals surface area contributed by atoms with Gasteiger partial charge in [0.25, 0.3) is 0 Å². The highest BCUT2D eigenvalue weighted by molar-refractivity contribution is 5.76. The molecule has 0 amide bonds. The van der Waals surface area contributed by atoms with E-state index >= 15 is 0 Å². The number of esters is 1. The number of hydrogen-bond donors (Lipinski definition) is 0. The summed E-state index contributed by atoms with van der Waals surface area (Å²) in [7, 11) is 0. The molecule has 2 nitrogen and oxygen atoms in total. The van der Waals surface area contributed by atoms with Gasteiger partial charge in [0.1, 0.15) is 5.60 Å². The zero-order chi connectivity index (χ0) is 14.7. The molecule has 0 heterocycles. The molecule has 0 atom stereocenters. The Kier molecular flexibility index (Phi) is 5.08. The summed E-state index contributed by atoms with van der Waals surface area (Å²) >= 11 is 0. The molecule has 1 aliphatic rings. The average molecular weight is 268 g/mol. The number of ether oxygens (including phenoxy) is 1. The van der Waals surface area contributed by atoms with Gasteiger partial charge in [0.15, 0.2) is 0 Å². The molecule has 1 aliphatic carbocycles. The minimum atomic E-state index is -0.363. The van der Waals surface area contributed by atoms with Crippen LogP contribution >= 0.6 is 0 Å². The molecule has 1 rings (SSSR count). The Balaban J connectivity index is 2.99. The van der Waals surface area contributed by atoms with Crippen molar-refractivity contribution in [2.45, 2.75) is 92.1 Å². The van der Waals surface area contributed by atoms with E-state index in [1.807, 2.05) is 13.8 Å². The highest BCUT2D eigenvalue weighted by Gasteiger charge is 2.51. The first-order valence-corrected chi connectivity index (χ1v) is 8.00. The van der Waals surface area contributed by atoms with Crippen molar-refractivity contribution in [2.24, 2.45) is 10.8 Å². The second-order valence-corrected chi connectivity index (χ2v) is 7.10. The van der Waals surface area contributed by atoms with E-state index in [-0.39, 0.29) is 22.4 Å². The lowest BCUT2D eigenvalue weighted by Gasteiger charge is -2.46. The normalized spacial score (nSPS) is 19.5. The summed E-state index contributed by atoms with van der Waals surface area (Å²) in [5, 5.41) is 0. The fraction of sp³-hybridized carbons (Fsp3) is 0.941. The van der Waals surface area contributed by atoms with E-state index in [4.69, 9.17) is 4.74 Å². The van der Waals surface area contributed by atoms with E-state index in [1.165, 1.54) is 12.8 Å². The number of rotatable bonds is 6. The molecular weight excluding hydrogens is 236 g/mol. The molecule has 0 radical (unpaired) electrons. The third-order valence-corrected chi connectivity index (χ3v) is 5.80. The third kappa shape index (κ3) is 2.98. The van der Waals surface area contributed by atoms with Gasteiger partial charge in [-0.3, -0.25) is 4.79 Å². The monoisotopic (exact) mass is 268 g/mol. The molecule has 0 unspecified atom stereocenters. The van der Waals surface area contributed by atoms with Gasteiger partial charge in [0.05, 0.1) is 5.41 Å². The minimum absolute atomic E-state index is 0.00924. The fourth-order valence-electron chi connectivity index (χ4n) is 3.13. The number of carbonyl (C=O) groups excluding carboxylic acids is 1. The predicted molar refractivity (Wildman–Crippen MR) is 80.1 cm³/mol. The summed E-state index contributed by atoms with van der Waals surface area (Å²) < 4.78 is 6.16. The van der Waals surface area contributed by atoms with Crippen molar-refractivity contribution >= 4 is 5.97 Å². The molecule has 19 heavy (non-hydrogen) atoms. The molecule has 1 saturated carbocycles. The van der Waals surface area contributed by atoms with E-state index in [0.717, 1.165) is 32.1 Å². The highest BCUT2D eigenvalue weighted by atomic mass is 16.6. The van der Waals surface area contributed by atoms with Crippen LogP contribution in [0, 0.1) is 10.8 Å². The summed E-state index contributed by atoms with van der Waals surface area (Å²) in [5.74, 6) is -0.00924. The average Bonchev–Trinajstić information content (AvgIpc) is 2.87. The van der Waals surface area contributed by atoms with Gasteiger partial charge in [-0.15, -0.1) is 0 Å². The van der Waals surface area contributed by atoms with E-state index in [1.54, 1.807) is 0 Å². The van der Waals surface area contributed by atoms with Crippen LogP contribution in [-0.4, -0.2) is 11.6 Å². The van der Waals surface area contributed by atoms with Gasteiger partial charge >= 0.3 is 5.97 Å². The van der Waals surface area contributed by atoms with Gasteiger partial charge in [-0.25, -0.2) is 0 Å². The molecule has 112 valence electrons. The maximum atomic E-state index is 12.5. The summed E-state index contributed by atoms with van der Waals surface area (Å²) in [5.41, 5.74) is -0.471. The molecule has 0 saturated heterocycles. The van der Waals surface area contributed by atoms with Crippen LogP contribution in [-0.2, 0) is 9.53 Å². The van der Waals surface area contributed by atoms with Crippen LogP contribution in [0.25, 0.3) is 0 Å². The molecule has 0 aliphatic heterocycles. The van der Waals surface area contributed by atoms with Crippen molar-refractivity contribution in [1.29, 1.82) is 0 Å². The van der Waals surface area contributed by atoms with Crippen LogP contribution in [0.3, 0.4) is 0 Å². The smallest absolute Gasteiger partial charge is 0.312 e. The van der Waals surface area contributed by atoms with Crippen LogP contribution in [0.4, 0.5) is 0 Å². The lowest BCUT2D eigenvalue weighted by molar-refractivity contribution is -0.187. The number of carbonyl (C=O) groups is 1. The van der Waals surface area contributed by atoms with E-state index in [2.05, 4.69) is 27.7 Å². The quantitative estimate of drug-likeness (QED) is 0.626. The minimum Gasteiger partial charge on any atom is -0.458 e. The molecule has 2 heteroatoms. The largest absolute Gasteiger partial charge is 0.458 e. The lowest BCUT2D eigenvalue weighted by atomic mass is 9.68. The Labute approximate surface area is 119 Å². The Morgan fingerprint density at radius 2 is 1.47 bits per heavy atom. The molecule has 1 fully saturated rings. The van der Waals surface area contributed by atoms with Crippen molar-refractivity contribution in [3.05, 3.63) is 0 Å². The van der Waals surface area contributed by atoms with E-state index in [0.29, 0.717) is 0 Å². The zero-order valence-electron chi connectivity index (χ0n) is 13.8. The van der Waals surface area contributed by atoms with E-state index < -0.39 is 0 Å². The molecule has 0 bridgehead atoms. The molecule has 0 aromatic rings. The zero-order valence-corrected chi connectivity index (χ0v) is 13.8. The third-order valence-electron chi connectivity index (χ3n) is 5.80. The summed E-state index contributed by atoms with van der Waals surface area (Å²) in [4.78, 5) is 12.5. The van der Waals surface area contributed by atoms with Gasteiger partial charge in [-0.1, -0.05) is 27.7 Å². The SMILES string of the molecule is CCC(C)(C)C(=O)OC1(C(C)(CC)CC)CCCC1. The molecular formula is C17H32O2. The first-order valence-electron chi connectivity index (χ1n) is 8.00. The highest BCUT2D eigenvalue weighted by Crippen LogP contribution is 2.51. The first kappa shape index (κ1) is 16.5. The van der Waals surface area contributed by atoms with Crippen molar-refractivity contribution in [3.8, 4) is 0 Å². The van der Waals surface area contributed by atoms with Crippen molar-refractivity contribution < 1.29 is 9.53 Å². The van der Waals surface area contributed by atoms with Crippen LogP contribution < -0.4 is 0 Å². The van der Waals surface area contributed by atoms with Gasteiger partial charge < -0.3 is 4.74 Å². The first-order chi connectivity index (χ1) is 8.77. The second kappa shape index (κ2) is 5.85. The predicted octanol–water partition coefficient (Wildman–Crippen LogP) is 5.10. The summed E-state index contributed by atoms with van der Waals surface area (Å²) in [6.07, 6.45) is 7.43. The standard InChI is InChI=1S/C17H32O2/c1-7-15(4,5)14(18)19-17(12-10-11-13-17)16(6,8-2)9-3/h7-13H2,1-6H3. The summed E-state index contributed by atoms with van der Waals surface area (Å²) in [6.45, 7) is 12.8. The maximum Gasteiger partial charge on any atom is 0.312 e. The topological polar surface area (TPSA) is 26.3 Å². The second-order valence-electron chi connectivity index (χ2n) is 7.10. The number of hydrogen-bond acceptors (Lipinski definition) is 2. The van der Waals surface area contributed by atoms with Gasteiger partial charge in [0.2, 0.25) is 0 Å². The Morgan fingerprint density at radius 3 is 1.84 bits per heavy atom. The fourth-order valence-corrected chi connectivity index (χ4v) is 3.13. The molecule has 0 aromatic carbocycles. The lowest BCUT2D eigenvalue weighted by Crippen LogP contribution is -2.49. The van der Waals surface area contributed by atoms with Crippen molar-refractivity contribution in [2.75, 3.05) is 0 Å². The molecule has 0 aromatic heterocycles. The Morgan fingerprint density at radius 1 is 1.00 bits per heavy atom.